The summed E-state index contributed by atoms with van der Waals surface area (Å²) >= 11 is 6.45. The van der Waals surface area contributed by atoms with Gasteiger partial charge in [-0.05, 0) is 103 Å². The fourth-order valence-electron chi connectivity index (χ4n) is 7.98. The number of halogens is 1. The average Bonchev–Trinajstić information content (AvgIpc) is 3.06. The second-order valence-corrected chi connectivity index (χ2v) is 16.6. The molecule has 1 saturated heterocycles. The molecule has 0 aromatic heterocycles. The average molecular weight is 713 g/mol. The van der Waals surface area contributed by atoms with Crippen LogP contribution in [-0.2, 0) is 32.4 Å². The van der Waals surface area contributed by atoms with Crippen LogP contribution in [0, 0.1) is 17.8 Å². The highest BCUT2D eigenvalue weighted by atomic mass is 35.5. The molecule has 2 fully saturated rings. The number of amides is 3. The molecule has 7 rings (SSSR count). The van der Waals surface area contributed by atoms with Crippen LogP contribution in [0.2, 0.25) is 5.02 Å². The van der Waals surface area contributed by atoms with Gasteiger partial charge in [-0.25, -0.2) is 9.00 Å². The number of aryl methyl sites for hydroxylation is 1. The van der Waals surface area contributed by atoms with E-state index in [1.165, 1.54) is 23.1 Å². The lowest BCUT2D eigenvalue weighted by molar-refractivity contribution is -0.114. The van der Waals surface area contributed by atoms with Crippen LogP contribution in [0.15, 0.2) is 52.4 Å². The van der Waals surface area contributed by atoms with Crippen LogP contribution in [-0.4, -0.2) is 90.7 Å². The summed E-state index contributed by atoms with van der Waals surface area (Å²) < 4.78 is 39.1. The quantitative estimate of drug-likeness (QED) is 0.425. The molecule has 5 aliphatic rings. The van der Waals surface area contributed by atoms with Gasteiger partial charge in [0, 0.05) is 37.9 Å². The Morgan fingerprint density at radius 3 is 2.71 bits per heavy atom. The smallest absolute Gasteiger partial charge is 0.330 e. The molecule has 3 aliphatic heterocycles. The summed E-state index contributed by atoms with van der Waals surface area (Å²) in [5, 5.41) is 11.3. The summed E-state index contributed by atoms with van der Waals surface area (Å²) in [5.74, 6) is 0.387. The molecule has 2 aliphatic carbocycles. The number of ether oxygens (including phenoxy) is 3. The number of nitrogens with one attached hydrogen (secondary N) is 1. The Balaban J connectivity index is 1.29. The molecule has 2 aromatic carbocycles. The van der Waals surface area contributed by atoms with E-state index < -0.39 is 27.5 Å². The second-order valence-electron chi connectivity index (χ2n) is 14.2. The lowest BCUT2D eigenvalue weighted by atomic mass is 9.65. The minimum atomic E-state index is -3.58. The number of carbonyl (C=O) groups excluding carboxylic acids is 2. The highest BCUT2D eigenvalue weighted by Gasteiger charge is 2.46. The van der Waals surface area contributed by atoms with Gasteiger partial charge in [-0.3, -0.25) is 9.52 Å². The van der Waals surface area contributed by atoms with E-state index in [1.807, 2.05) is 6.07 Å². The molecule has 3 heterocycles. The van der Waals surface area contributed by atoms with Crippen LogP contribution in [0.1, 0.15) is 53.6 Å². The number of allylic oxidation sites excluding steroid dienone is 1. The van der Waals surface area contributed by atoms with Gasteiger partial charge < -0.3 is 29.1 Å². The molecule has 13 heteroatoms. The van der Waals surface area contributed by atoms with Gasteiger partial charge in [0.25, 0.3) is 5.91 Å². The third-order valence-corrected chi connectivity index (χ3v) is 12.8. The van der Waals surface area contributed by atoms with Crippen molar-refractivity contribution >= 4 is 39.1 Å². The number of urea groups is 1. The van der Waals surface area contributed by atoms with Gasteiger partial charge in [0.1, 0.15) is 21.3 Å². The Kier molecular flexibility index (Phi) is 9.70. The number of carbonyl (C=O) groups is 2. The first kappa shape index (κ1) is 34.3. The minimum absolute atomic E-state index is 0.0107. The van der Waals surface area contributed by atoms with Gasteiger partial charge >= 0.3 is 6.03 Å². The number of hydrogen-bond donors (Lipinski definition) is 2. The van der Waals surface area contributed by atoms with Crippen LogP contribution in [0.4, 0.5) is 10.5 Å². The van der Waals surface area contributed by atoms with Crippen LogP contribution in [0.3, 0.4) is 0 Å². The van der Waals surface area contributed by atoms with Gasteiger partial charge in [-0.15, -0.1) is 4.36 Å². The topological polar surface area (TPSA) is 130 Å². The van der Waals surface area contributed by atoms with Crippen molar-refractivity contribution in [2.24, 2.45) is 22.1 Å². The van der Waals surface area contributed by atoms with Crippen LogP contribution in [0.25, 0.3) is 0 Å². The molecule has 5 atom stereocenters. The highest BCUT2D eigenvalue weighted by molar-refractivity contribution is 7.92. The number of nitrogens with zero attached hydrogens (tertiary/aromatic N) is 3. The molecular weight excluding hydrogens is 668 g/mol. The van der Waals surface area contributed by atoms with E-state index in [4.69, 9.17) is 25.8 Å². The summed E-state index contributed by atoms with van der Waals surface area (Å²) in [6.45, 7) is 1.99. The molecule has 2 bridgehead atoms. The number of anilines is 1. The number of fused-ring (bicyclic) bond motifs is 4. The Hall–Kier alpha value is -3.16. The van der Waals surface area contributed by atoms with Crippen molar-refractivity contribution in [1.82, 2.24) is 9.62 Å². The first-order valence-electron chi connectivity index (χ1n) is 17.2. The molecule has 11 nitrogen and oxygen atoms in total. The largest absolute Gasteiger partial charge is 0.491 e. The Morgan fingerprint density at radius 1 is 1.16 bits per heavy atom. The zero-order chi connectivity index (χ0) is 34.3. The number of methoxy groups -OCH3 is 2. The van der Waals surface area contributed by atoms with Gasteiger partial charge in [0.15, 0.2) is 0 Å². The maximum atomic E-state index is 14.6. The third-order valence-electron chi connectivity index (χ3n) is 10.8. The zero-order valence-electron chi connectivity index (χ0n) is 28.1. The fourth-order valence-corrected chi connectivity index (χ4v) is 10.0. The number of benzene rings is 2. The number of hydrogen-bond acceptors (Lipinski definition) is 8. The Morgan fingerprint density at radius 2 is 2.00 bits per heavy atom. The van der Waals surface area contributed by atoms with Crippen molar-refractivity contribution in [1.29, 1.82) is 0 Å². The molecule has 1 unspecified atom stereocenters. The number of aliphatic hydroxyl groups is 1. The summed E-state index contributed by atoms with van der Waals surface area (Å²) in [6.07, 6.45) is 7.36. The van der Waals surface area contributed by atoms with E-state index >= 15 is 0 Å². The zero-order valence-corrected chi connectivity index (χ0v) is 29.6. The van der Waals surface area contributed by atoms with Gasteiger partial charge in [-0.1, -0.05) is 23.7 Å². The number of likely N-dealkylation sites (tertiary alicyclic amines) is 1. The van der Waals surface area contributed by atoms with Crippen molar-refractivity contribution in [3.05, 3.63) is 69.8 Å². The van der Waals surface area contributed by atoms with Crippen LogP contribution >= 0.6 is 11.6 Å². The summed E-state index contributed by atoms with van der Waals surface area (Å²) in [6, 6.07) is 10.7. The van der Waals surface area contributed by atoms with Gasteiger partial charge in [0.2, 0.25) is 0 Å². The predicted molar refractivity (Wildman–Crippen MR) is 187 cm³/mol. The fraction of sp³-hybridized carbons (Fsp3) is 0.556. The molecule has 2 N–H and O–H groups in total. The lowest BCUT2D eigenvalue weighted by Crippen LogP contribution is -2.67. The second kappa shape index (κ2) is 13.9. The number of β-amino-alcohol motifs (C(OH)–C–C–N with tert-alkyl or cyclic N) is 1. The molecule has 1 saturated carbocycles. The molecule has 2 aromatic rings. The normalized spacial score (nSPS) is 29.3. The van der Waals surface area contributed by atoms with E-state index in [0.29, 0.717) is 36.3 Å². The summed E-state index contributed by atoms with van der Waals surface area (Å²) in [7, 11) is -0.381. The van der Waals surface area contributed by atoms with Crippen LogP contribution < -0.4 is 14.4 Å². The van der Waals surface area contributed by atoms with Crippen molar-refractivity contribution in [3.63, 3.8) is 0 Å². The van der Waals surface area contributed by atoms with E-state index in [2.05, 4.69) is 32.2 Å². The van der Waals surface area contributed by atoms with Crippen molar-refractivity contribution in [2.45, 2.75) is 56.8 Å². The Bertz CT molecular complexity index is 1770. The first-order chi connectivity index (χ1) is 23.6. The molecule has 264 valence electrons. The maximum Gasteiger partial charge on any atom is 0.330 e. The van der Waals surface area contributed by atoms with E-state index in [9.17, 15) is 18.9 Å². The van der Waals surface area contributed by atoms with E-state index in [1.54, 1.807) is 25.3 Å². The van der Waals surface area contributed by atoms with Gasteiger partial charge in [-0.2, -0.15) is 0 Å². The standard InChI is InChI=1S/C36H45ClN4O7S/c1-46-22-36(44)20-41(21-36)35(43)39-49(45)19-27-8-12-30(27)33(47-2)29-11-7-26(29)18-40-17-25-6-10-28(37)15-23(25)5-3-4-14-48-32-13-9-24(16-31(32)40)34(42)38-49/h6,9-10,12-13,15-16,26-27,29,33,44H,3-5,7-8,11,14,17-22H2,1-2H3,(H,38,39,42,43,45)/t26-,27+,29+,33+,49?/m0/s1. The number of rotatable bonds is 4. The Labute approximate surface area is 293 Å². The van der Waals surface area contributed by atoms with E-state index in [-0.39, 0.29) is 49.0 Å². The van der Waals surface area contributed by atoms with Crippen LogP contribution in [0.5, 0.6) is 5.75 Å². The maximum absolute atomic E-state index is 14.6. The molecule has 3 amide bonds. The lowest BCUT2D eigenvalue weighted by Gasteiger charge is -2.47. The predicted octanol–water partition coefficient (Wildman–Crippen LogP) is 4.99. The highest BCUT2D eigenvalue weighted by Crippen LogP contribution is 2.47. The SMILES string of the molecule is COCC1(O)CN(C(=O)NS2(=O)=NC(=O)c3ccc4c(c3)N(Cc3ccc(Cl)cc3CCCCO4)C[C@@H]3CC[C@H]3[C@@H](OC)C3=CC[C@@H]3C2)C1. The third kappa shape index (κ3) is 7.08. The van der Waals surface area contributed by atoms with Gasteiger partial charge in [0.05, 0.1) is 43.8 Å². The molecule has 0 radical (unpaired) electrons. The first-order valence-corrected chi connectivity index (χ1v) is 19.2. The molecule has 0 spiro atoms. The van der Waals surface area contributed by atoms with E-state index in [0.717, 1.165) is 49.9 Å². The molecule has 49 heavy (non-hydrogen) atoms. The minimum Gasteiger partial charge on any atom is -0.491 e. The summed E-state index contributed by atoms with van der Waals surface area (Å²) in [4.78, 5) is 30.9. The van der Waals surface area contributed by atoms with Crippen molar-refractivity contribution < 1.29 is 33.1 Å². The van der Waals surface area contributed by atoms with Crippen molar-refractivity contribution in [3.8, 4) is 5.75 Å². The van der Waals surface area contributed by atoms with Crippen molar-refractivity contribution in [2.75, 3.05) is 57.7 Å². The molecular formula is C36H45ClN4O7S. The monoisotopic (exact) mass is 712 g/mol. The summed E-state index contributed by atoms with van der Waals surface area (Å²) in [5.41, 5.74) is 3.31.